The molecule has 4 rings (SSSR count). The van der Waals surface area contributed by atoms with Crippen LogP contribution in [-0.4, -0.2) is 24.4 Å². The maximum atomic E-state index is 6.15. The van der Waals surface area contributed by atoms with Crippen LogP contribution in [0.2, 0.25) is 0 Å². The molecule has 0 aromatic rings. The summed E-state index contributed by atoms with van der Waals surface area (Å²) in [5, 5.41) is 0. The summed E-state index contributed by atoms with van der Waals surface area (Å²) in [6.07, 6.45) is 7.83. The van der Waals surface area contributed by atoms with Crippen molar-refractivity contribution in [2.24, 2.45) is 17.8 Å². The van der Waals surface area contributed by atoms with Crippen molar-refractivity contribution in [3.63, 3.8) is 0 Å². The summed E-state index contributed by atoms with van der Waals surface area (Å²) >= 11 is 0. The van der Waals surface area contributed by atoms with Gasteiger partial charge in [0.25, 0.3) is 0 Å². The van der Waals surface area contributed by atoms with Gasteiger partial charge in [-0.05, 0) is 19.8 Å². The van der Waals surface area contributed by atoms with E-state index in [0.717, 1.165) is 24.9 Å². The maximum Gasteiger partial charge on any atom is 0.0871 e. The van der Waals surface area contributed by atoms with Gasteiger partial charge in [-0.2, -0.15) is 0 Å². The minimum atomic E-state index is 0.213. The monoisotopic (exact) mass is 192 g/mol. The zero-order valence-electron chi connectivity index (χ0n) is 8.48. The zero-order chi connectivity index (χ0) is 9.34. The van der Waals surface area contributed by atoms with Crippen molar-refractivity contribution >= 4 is 0 Å². The first-order valence-corrected chi connectivity index (χ1v) is 5.80. The molecule has 0 aromatic carbocycles. The Morgan fingerprint density at radius 1 is 1.29 bits per heavy atom. The molecule has 0 unspecified atom stereocenters. The van der Waals surface area contributed by atoms with Crippen LogP contribution in [0.4, 0.5) is 0 Å². The Balaban J connectivity index is 1.72. The highest BCUT2D eigenvalue weighted by molar-refractivity contribution is 5.37. The van der Waals surface area contributed by atoms with Gasteiger partial charge in [-0.25, -0.2) is 0 Å². The van der Waals surface area contributed by atoms with E-state index < -0.39 is 0 Å². The van der Waals surface area contributed by atoms with Crippen molar-refractivity contribution in [2.45, 2.75) is 37.6 Å². The van der Waals surface area contributed by atoms with E-state index in [2.05, 4.69) is 19.1 Å². The SMILES string of the molecule is C[C@@H]1CCO[C@]23[C@@H]4C=C[C@H]2[C@H]3C[C@@H]4O1. The van der Waals surface area contributed by atoms with Crippen molar-refractivity contribution in [1.82, 2.24) is 0 Å². The second kappa shape index (κ2) is 2.25. The predicted molar refractivity (Wildman–Crippen MR) is 51.9 cm³/mol. The molecule has 0 radical (unpaired) electrons. The zero-order valence-corrected chi connectivity index (χ0v) is 8.48. The summed E-state index contributed by atoms with van der Waals surface area (Å²) in [5.41, 5.74) is 0.213. The average molecular weight is 192 g/mol. The van der Waals surface area contributed by atoms with Gasteiger partial charge < -0.3 is 9.47 Å². The van der Waals surface area contributed by atoms with Gasteiger partial charge in [-0.15, -0.1) is 0 Å². The maximum absolute atomic E-state index is 6.15. The summed E-state index contributed by atoms with van der Waals surface area (Å²) < 4.78 is 12.2. The summed E-state index contributed by atoms with van der Waals surface area (Å²) in [5.74, 6) is 2.09. The Kier molecular flexibility index (Phi) is 1.27. The molecule has 1 saturated heterocycles. The van der Waals surface area contributed by atoms with Gasteiger partial charge in [0.1, 0.15) is 0 Å². The molecule has 14 heavy (non-hydrogen) atoms. The fourth-order valence-corrected chi connectivity index (χ4v) is 3.98. The molecule has 0 amide bonds. The third-order valence-corrected chi connectivity index (χ3v) is 4.64. The number of ether oxygens (including phenoxy) is 2. The van der Waals surface area contributed by atoms with Crippen LogP contribution in [-0.2, 0) is 9.47 Å². The van der Waals surface area contributed by atoms with Gasteiger partial charge in [0, 0.05) is 24.4 Å². The molecular formula is C12H16O2. The molecular weight excluding hydrogens is 176 g/mol. The molecule has 0 aromatic heterocycles. The first-order chi connectivity index (χ1) is 6.82. The molecule has 2 saturated carbocycles. The highest BCUT2D eigenvalue weighted by Crippen LogP contribution is 2.71. The normalized spacial score (nSPS) is 63.4. The van der Waals surface area contributed by atoms with Crippen LogP contribution >= 0.6 is 0 Å². The van der Waals surface area contributed by atoms with Crippen LogP contribution in [0.15, 0.2) is 12.2 Å². The smallest absolute Gasteiger partial charge is 0.0871 e. The van der Waals surface area contributed by atoms with Crippen LogP contribution in [0.3, 0.4) is 0 Å². The predicted octanol–water partition coefficient (Wildman–Crippen LogP) is 1.75. The highest BCUT2D eigenvalue weighted by atomic mass is 16.5. The van der Waals surface area contributed by atoms with Crippen LogP contribution in [0.25, 0.3) is 0 Å². The molecule has 2 heteroatoms. The van der Waals surface area contributed by atoms with E-state index in [4.69, 9.17) is 9.47 Å². The summed E-state index contributed by atoms with van der Waals surface area (Å²) in [7, 11) is 0. The van der Waals surface area contributed by atoms with Crippen molar-refractivity contribution in [1.29, 1.82) is 0 Å². The first-order valence-electron chi connectivity index (χ1n) is 5.80. The Bertz CT molecular complexity index is 311. The lowest BCUT2D eigenvalue weighted by molar-refractivity contribution is -0.101. The Hall–Kier alpha value is -0.340. The molecule has 2 nitrogen and oxygen atoms in total. The van der Waals surface area contributed by atoms with Crippen LogP contribution in [0, 0.1) is 17.8 Å². The quantitative estimate of drug-likeness (QED) is 0.544. The minimum Gasteiger partial charge on any atom is -0.374 e. The molecule has 6 atom stereocenters. The second-order valence-electron chi connectivity index (χ2n) is 5.25. The third-order valence-electron chi connectivity index (χ3n) is 4.64. The van der Waals surface area contributed by atoms with E-state index >= 15 is 0 Å². The van der Waals surface area contributed by atoms with E-state index in [9.17, 15) is 0 Å². The van der Waals surface area contributed by atoms with Crippen molar-refractivity contribution in [3.05, 3.63) is 12.2 Å². The highest BCUT2D eigenvalue weighted by Gasteiger charge is 2.76. The van der Waals surface area contributed by atoms with E-state index in [1.165, 1.54) is 6.42 Å². The van der Waals surface area contributed by atoms with Crippen molar-refractivity contribution < 1.29 is 9.47 Å². The summed E-state index contributed by atoms with van der Waals surface area (Å²) in [6, 6.07) is 0. The molecule has 0 N–H and O–H groups in total. The van der Waals surface area contributed by atoms with Crippen LogP contribution < -0.4 is 0 Å². The standard InChI is InChI=1S/C12H16O2/c1-7-4-5-13-12-8-2-3-9(12)11(14-7)6-10(8)12/h2-3,7-11H,4-6H2,1H3/t7-,8+,9-,10-,11+,12+/m1/s1. The minimum absolute atomic E-state index is 0.213. The largest absolute Gasteiger partial charge is 0.374 e. The van der Waals surface area contributed by atoms with Crippen molar-refractivity contribution in [2.75, 3.05) is 6.61 Å². The van der Waals surface area contributed by atoms with E-state index in [1.54, 1.807) is 0 Å². The fourth-order valence-electron chi connectivity index (χ4n) is 3.98. The van der Waals surface area contributed by atoms with Gasteiger partial charge in [0.2, 0.25) is 0 Å². The number of fused-ring (bicyclic) bond motifs is 1. The molecule has 76 valence electrons. The van der Waals surface area contributed by atoms with E-state index in [-0.39, 0.29) is 5.60 Å². The summed E-state index contributed by atoms with van der Waals surface area (Å²) in [4.78, 5) is 0. The molecule has 1 spiro atoms. The Morgan fingerprint density at radius 2 is 2.14 bits per heavy atom. The second-order valence-corrected chi connectivity index (χ2v) is 5.25. The lowest BCUT2D eigenvalue weighted by Gasteiger charge is -2.31. The lowest BCUT2D eigenvalue weighted by Crippen LogP contribution is -2.36. The van der Waals surface area contributed by atoms with Gasteiger partial charge in [0.15, 0.2) is 0 Å². The van der Waals surface area contributed by atoms with Gasteiger partial charge in [0.05, 0.1) is 17.8 Å². The molecule has 3 fully saturated rings. The van der Waals surface area contributed by atoms with Gasteiger partial charge in [-0.1, -0.05) is 12.2 Å². The topological polar surface area (TPSA) is 18.5 Å². The van der Waals surface area contributed by atoms with E-state index in [0.29, 0.717) is 18.1 Å². The van der Waals surface area contributed by atoms with Crippen LogP contribution in [0.5, 0.6) is 0 Å². The fraction of sp³-hybridized carbons (Fsp3) is 0.833. The third kappa shape index (κ3) is 0.695. The Labute approximate surface area is 84.3 Å². The molecule has 1 aliphatic heterocycles. The molecule has 2 bridgehead atoms. The summed E-state index contributed by atoms with van der Waals surface area (Å²) in [6.45, 7) is 3.06. The average Bonchev–Trinajstić information content (AvgIpc) is 2.47. The van der Waals surface area contributed by atoms with Crippen LogP contribution in [0.1, 0.15) is 19.8 Å². The van der Waals surface area contributed by atoms with Gasteiger partial charge in [-0.3, -0.25) is 0 Å². The lowest BCUT2D eigenvalue weighted by atomic mass is 9.99. The van der Waals surface area contributed by atoms with E-state index in [1.807, 2.05) is 0 Å². The number of hydrogen-bond acceptors (Lipinski definition) is 2. The molecule has 1 heterocycles. The van der Waals surface area contributed by atoms with Crippen molar-refractivity contribution in [3.8, 4) is 0 Å². The first kappa shape index (κ1) is 7.89. The van der Waals surface area contributed by atoms with Gasteiger partial charge >= 0.3 is 0 Å². The molecule has 3 aliphatic carbocycles. The number of rotatable bonds is 0. The Morgan fingerprint density at radius 3 is 3.07 bits per heavy atom. The number of hydrogen-bond donors (Lipinski definition) is 0. The molecule has 4 aliphatic rings.